The molecule has 3 nitrogen and oxygen atoms in total. The zero-order valence-electron chi connectivity index (χ0n) is 10.7. The van der Waals surface area contributed by atoms with Gasteiger partial charge in [0.05, 0.1) is 10.4 Å². The standard InChI is InChI=1S/C15H12N2OS2/c18-14(11-7-17-15-10(11)2-1-4-16-15)13-6-9-8-19-5-3-12(9)20-13/h1-2,4,6-7H,3,5,8H2,(H,16,17). The Bertz CT molecular complexity index is 780. The molecule has 0 amide bonds. The number of carbonyl (C=O) groups is 1. The first kappa shape index (κ1) is 12.2. The van der Waals surface area contributed by atoms with Crippen LogP contribution in [0.25, 0.3) is 11.0 Å². The van der Waals surface area contributed by atoms with E-state index in [-0.39, 0.29) is 5.78 Å². The second-order valence-corrected chi connectivity index (χ2v) is 7.03. The number of nitrogens with one attached hydrogen (secondary N) is 1. The van der Waals surface area contributed by atoms with Gasteiger partial charge < -0.3 is 4.98 Å². The van der Waals surface area contributed by atoms with Gasteiger partial charge in [0.15, 0.2) is 0 Å². The third-order valence-corrected chi connectivity index (χ3v) is 5.79. The van der Waals surface area contributed by atoms with E-state index in [1.165, 1.54) is 10.4 Å². The van der Waals surface area contributed by atoms with Gasteiger partial charge in [0.1, 0.15) is 5.65 Å². The molecule has 3 aromatic heterocycles. The summed E-state index contributed by atoms with van der Waals surface area (Å²) >= 11 is 3.59. The van der Waals surface area contributed by atoms with E-state index >= 15 is 0 Å². The van der Waals surface area contributed by atoms with Crippen molar-refractivity contribution in [3.63, 3.8) is 0 Å². The van der Waals surface area contributed by atoms with Gasteiger partial charge in [-0.1, -0.05) is 0 Å². The van der Waals surface area contributed by atoms with Crippen LogP contribution in [0.3, 0.4) is 0 Å². The van der Waals surface area contributed by atoms with Crippen molar-refractivity contribution in [1.29, 1.82) is 0 Å². The van der Waals surface area contributed by atoms with Gasteiger partial charge in [-0.15, -0.1) is 11.3 Å². The van der Waals surface area contributed by atoms with E-state index in [1.807, 2.05) is 23.9 Å². The molecule has 0 atom stereocenters. The predicted octanol–water partition coefficient (Wildman–Crippen LogP) is 3.64. The molecule has 0 radical (unpaired) electrons. The van der Waals surface area contributed by atoms with Crippen LogP contribution in [-0.4, -0.2) is 21.5 Å². The van der Waals surface area contributed by atoms with Crippen molar-refractivity contribution in [3.05, 3.63) is 51.5 Å². The van der Waals surface area contributed by atoms with Crippen LogP contribution in [0.15, 0.2) is 30.6 Å². The molecule has 0 aliphatic carbocycles. The maximum absolute atomic E-state index is 12.7. The van der Waals surface area contributed by atoms with E-state index in [0.29, 0.717) is 0 Å². The van der Waals surface area contributed by atoms with Crippen LogP contribution in [0, 0.1) is 0 Å². The third kappa shape index (κ3) is 1.89. The molecule has 1 aliphatic rings. The van der Waals surface area contributed by atoms with Gasteiger partial charge in [-0.3, -0.25) is 4.79 Å². The number of pyridine rings is 1. The first-order valence-electron chi connectivity index (χ1n) is 6.49. The fourth-order valence-electron chi connectivity index (χ4n) is 2.54. The number of ketones is 1. The third-order valence-electron chi connectivity index (χ3n) is 3.55. The number of carbonyl (C=O) groups excluding carboxylic acids is 1. The highest BCUT2D eigenvalue weighted by Crippen LogP contribution is 2.33. The van der Waals surface area contributed by atoms with Crippen molar-refractivity contribution in [1.82, 2.24) is 9.97 Å². The van der Waals surface area contributed by atoms with E-state index in [0.717, 1.165) is 39.4 Å². The highest BCUT2D eigenvalue weighted by Gasteiger charge is 2.20. The van der Waals surface area contributed by atoms with E-state index < -0.39 is 0 Å². The average molecular weight is 300 g/mol. The molecule has 0 bridgehead atoms. The van der Waals surface area contributed by atoms with Crippen LogP contribution >= 0.6 is 23.1 Å². The summed E-state index contributed by atoms with van der Waals surface area (Å²) in [5, 5.41) is 0.901. The first-order valence-corrected chi connectivity index (χ1v) is 8.46. The maximum Gasteiger partial charge on any atom is 0.205 e. The highest BCUT2D eigenvalue weighted by molar-refractivity contribution is 7.98. The molecule has 0 unspecified atom stereocenters. The van der Waals surface area contributed by atoms with Gasteiger partial charge in [0.25, 0.3) is 0 Å². The Balaban J connectivity index is 1.78. The molecule has 4 rings (SSSR count). The number of aromatic nitrogens is 2. The monoisotopic (exact) mass is 300 g/mol. The van der Waals surface area contributed by atoms with Crippen LogP contribution in [0.2, 0.25) is 0 Å². The fraction of sp³-hybridized carbons (Fsp3) is 0.200. The Kier molecular flexibility index (Phi) is 2.89. The van der Waals surface area contributed by atoms with Gasteiger partial charge in [0.2, 0.25) is 5.78 Å². The summed E-state index contributed by atoms with van der Waals surface area (Å²) in [6.07, 6.45) is 4.59. The molecule has 0 aromatic carbocycles. The second kappa shape index (κ2) is 4.75. The lowest BCUT2D eigenvalue weighted by Gasteiger charge is -2.08. The van der Waals surface area contributed by atoms with Crippen LogP contribution < -0.4 is 0 Å². The molecular formula is C15H12N2OS2. The van der Waals surface area contributed by atoms with Crippen LogP contribution in [0.4, 0.5) is 0 Å². The normalized spacial score (nSPS) is 14.4. The van der Waals surface area contributed by atoms with Crippen molar-refractivity contribution in [2.45, 2.75) is 12.2 Å². The Morgan fingerprint density at radius 2 is 2.35 bits per heavy atom. The molecular weight excluding hydrogens is 288 g/mol. The van der Waals surface area contributed by atoms with Crippen LogP contribution in [-0.2, 0) is 12.2 Å². The summed E-state index contributed by atoms with van der Waals surface area (Å²) in [5.41, 5.74) is 2.83. The van der Waals surface area contributed by atoms with Crippen molar-refractivity contribution < 1.29 is 4.79 Å². The largest absolute Gasteiger partial charge is 0.345 e. The lowest BCUT2D eigenvalue weighted by Crippen LogP contribution is -1.97. The van der Waals surface area contributed by atoms with Gasteiger partial charge in [-0.2, -0.15) is 11.8 Å². The Morgan fingerprint density at radius 3 is 3.25 bits per heavy atom. The molecule has 1 N–H and O–H groups in total. The summed E-state index contributed by atoms with van der Waals surface area (Å²) in [6.45, 7) is 0. The van der Waals surface area contributed by atoms with E-state index in [9.17, 15) is 4.79 Å². The molecule has 0 spiro atoms. The summed E-state index contributed by atoms with van der Waals surface area (Å²) in [7, 11) is 0. The van der Waals surface area contributed by atoms with Crippen molar-refractivity contribution in [2.24, 2.45) is 0 Å². The van der Waals surface area contributed by atoms with Crippen molar-refractivity contribution in [2.75, 3.05) is 5.75 Å². The predicted molar refractivity (Wildman–Crippen MR) is 83.7 cm³/mol. The zero-order chi connectivity index (χ0) is 13.5. The quantitative estimate of drug-likeness (QED) is 0.735. The smallest absolute Gasteiger partial charge is 0.205 e. The maximum atomic E-state index is 12.7. The Labute approximate surface area is 124 Å². The number of thioether (sulfide) groups is 1. The molecule has 20 heavy (non-hydrogen) atoms. The Hall–Kier alpha value is -1.59. The molecule has 1 aliphatic heterocycles. The Morgan fingerprint density at radius 1 is 1.40 bits per heavy atom. The van der Waals surface area contributed by atoms with Gasteiger partial charge >= 0.3 is 0 Å². The van der Waals surface area contributed by atoms with E-state index in [1.54, 1.807) is 23.7 Å². The number of hydrogen-bond acceptors (Lipinski definition) is 4. The SMILES string of the molecule is O=C(c1cc2c(s1)CCSC2)c1c[nH]c2ncccc12. The van der Waals surface area contributed by atoms with E-state index in [2.05, 4.69) is 16.0 Å². The number of aryl methyl sites for hydroxylation is 1. The molecule has 0 fully saturated rings. The number of H-pyrrole nitrogens is 1. The minimum atomic E-state index is 0.105. The van der Waals surface area contributed by atoms with Gasteiger partial charge in [0, 0.05) is 28.4 Å². The molecule has 0 saturated heterocycles. The topological polar surface area (TPSA) is 45.8 Å². The number of rotatable bonds is 2. The summed E-state index contributed by atoms with van der Waals surface area (Å²) in [6, 6.07) is 5.88. The van der Waals surface area contributed by atoms with Gasteiger partial charge in [-0.05, 0) is 35.9 Å². The molecule has 5 heteroatoms. The van der Waals surface area contributed by atoms with Crippen molar-refractivity contribution in [3.8, 4) is 0 Å². The molecule has 4 heterocycles. The zero-order valence-corrected chi connectivity index (χ0v) is 12.3. The fourth-order valence-corrected chi connectivity index (χ4v) is 4.86. The average Bonchev–Trinajstić information content (AvgIpc) is 3.10. The van der Waals surface area contributed by atoms with Gasteiger partial charge in [-0.25, -0.2) is 4.98 Å². The molecule has 100 valence electrons. The summed E-state index contributed by atoms with van der Waals surface area (Å²) in [5.74, 6) is 2.31. The van der Waals surface area contributed by atoms with Crippen LogP contribution in [0.5, 0.6) is 0 Å². The lowest BCUT2D eigenvalue weighted by molar-refractivity contribution is 0.104. The highest BCUT2D eigenvalue weighted by atomic mass is 32.2. The van der Waals surface area contributed by atoms with Crippen LogP contribution in [0.1, 0.15) is 25.7 Å². The number of fused-ring (bicyclic) bond motifs is 2. The van der Waals surface area contributed by atoms with E-state index in [4.69, 9.17) is 0 Å². The minimum Gasteiger partial charge on any atom is -0.345 e. The number of hydrogen-bond donors (Lipinski definition) is 1. The number of thiophene rings is 1. The molecule has 0 saturated carbocycles. The number of nitrogens with zero attached hydrogens (tertiary/aromatic N) is 1. The first-order chi connectivity index (χ1) is 9.83. The minimum absolute atomic E-state index is 0.105. The lowest BCUT2D eigenvalue weighted by atomic mass is 10.1. The second-order valence-electron chi connectivity index (χ2n) is 4.79. The molecule has 3 aromatic rings. The number of aromatic amines is 1. The van der Waals surface area contributed by atoms with Crippen molar-refractivity contribution >= 4 is 39.9 Å². The summed E-state index contributed by atoms with van der Waals surface area (Å²) < 4.78 is 0. The summed E-state index contributed by atoms with van der Waals surface area (Å²) in [4.78, 5) is 22.2.